The average Bonchev–Trinajstić information content (AvgIpc) is 3.30. The zero-order valence-electron chi connectivity index (χ0n) is 17.5. The number of sulfonamides is 1. The number of amides is 1. The molecule has 1 amide bonds. The Morgan fingerprint density at radius 1 is 1.18 bits per heavy atom. The molecule has 2 heterocycles. The van der Waals surface area contributed by atoms with E-state index in [1.54, 1.807) is 12.1 Å². The normalized spacial score (nSPS) is 14.8. The van der Waals surface area contributed by atoms with Gasteiger partial charge in [0.05, 0.1) is 13.2 Å². The number of carbonyl (C=O) groups excluding carboxylic acids is 2. The van der Waals surface area contributed by atoms with Gasteiger partial charge in [-0.1, -0.05) is 12.1 Å². The largest absolute Gasteiger partial charge is 0.451 e. The molecule has 0 saturated carbocycles. The summed E-state index contributed by atoms with van der Waals surface area (Å²) in [6.07, 6.45) is 1.62. The SMILES string of the molecule is O=C(COC(=O)c1cc(S(=O)(=O)N2CCOCC2)c[nH]1)NCCc1ccc(OC(F)F)cc1. The van der Waals surface area contributed by atoms with Gasteiger partial charge >= 0.3 is 12.6 Å². The molecule has 2 N–H and O–H groups in total. The first-order valence-electron chi connectivity index (χ1n) is 9.99. The van der Waals surface area contributed by atoms with Crippen LogP contribution < -0.4 is 10.1 Å². The van der Waals surface area contributed by atoms with Crippen molar-refractivity contribution < 1.29 is 41.0 Å². The monoisotopic (exact) mass is 487 g/mol. The first-order valence-corrected chi connectivity index (χ1v) is 11.4. The molecule has 1 aromatic heterocycles. The lowest BCUT2D eigenvalue weighted by Crippen LogP contribution is -2.40. The summed E-state index contributed by atoms with van der Waals surface area (Å²) in [6, 6.07) is 7.14. The topological polar surface area (TPSA) is 127 Å². The number of aromatic nitrogens is 1. The van der Waals surface area contributed by atoms with Crippen molar-refractivity contribution in [3.05, 3.63) is 47.8 Å². The van der Waals surface area contributed by atoms with Crippen molar-refractivity contribution in [2.24, 2.45) is 0 Å². The number of nitrogens with zero attached hydrogens (tertiary/aromatic N) is 1. The van der Waals surface area contributed by atoms with E-state index in [4.69, 9.17) is 9.47 Å². The summed E-state index contributed by atoms with van der Waals surface area (Å²) in [7, 11) is -3.76. The molecule has 3 rings (SSSR count). The third-order valence-corrected chi connectivity index (χ3v) is 6.58. The van der Waals surface area contributed by atoms with E-state index in [1.165, 1.54) is 22.6 Å². The number of halogens is 2. The van der Waals surface area contributed by atoms with Gasteiger partial charge < -0.3 is 24.5 Å². The second kappa shape index (κ2) is 11.2. The molecule has 2 aromatic rings. The van der Waals surface area contributed by atoms with Gasteiger partial charge in [0.1, 0.15) is 16.3 Å². The maximum atomic E-state index is 12.6. The Morgan fingerprint density at radius 2 is 1.88 bits per heavy atom. The first kappa shape index (κ1) is 24.6. The summed E-state index contributed by atoms with van der Waals surface area (Å²) in [5.41, 5.74) is 0.690. The van der Waals surface area contributed by atoms with Gasteiger partial charge in [-0.15, -0.1) is 0 Å². The molecule has 1 fully saturated rings. The Morgan fingerprint density at radius 3 is 2.55 bits per heavy atom. The van der Waals surface area contributed by atoms with Crippen LogP contribution in [0.25, 0.3) is 0 Å². The van der Waals surface area contributed by atoms with Crippen LogP contribution in [0.3, 0.4) is 0 Å². The van der Waals surface area contributed by atoms with Crippen molar-refractivity contribution in [3.63, 3.8) is 0 Å². The van der Waals surface area contributed by atoms with E-state index >= 15 is 0 Å². The van der Waals surface area contributed by atoms with Gasteiger partial charge in [-0.3, -0.25) is 4.79 Å². The molecule has 13 heteroatoms. The quantitative estimate of drug-likeness (QED) is 0.482. The van der Waals surface area contributed by atoms with Crippen molar-refractivity contribution in [2.45, 2.75) is 17.9 Å². The van der Waals surface area contributed by atoms with Crippen molar-refractivity contribution in [2.75, 3.05) is 39.5 Å². The highest BCUT2D eigenvalue weighted by Crippen LogP contribution is 2.18. The van der Waals surface area contributed by atoms with Gasteiger partial charge in [-0.2, -0.15) is 13.1 Å². The highest BCUT2D eigenvalue weighted by atomic mass is 32.2. The third kappa shape index (κ3) is 6.97. The molecule has 0 spiro atoms. The fraction of sp³-hybridized carbons (Fsp3) is 0.400. The van der Waals surface area contributed by atoms with Crippen LogP contribution in [0.4, 0.5) is 8.78 Å². The Bertz CT molecular complexity index is 1050. The summed E-state index contributed by atoms with van der Waals surface area (Å²) in [5.74, 6) is -1.38. The first-order chi connectivity index (χ1) is 15.8. The number of esters is 1. The molecule has 0 bridgehead atoms. The molecule has 1 saturated heterocycles. The molecule has 180 valence electrons. The second-order valence-electron chi connectivity index (χ2n) is 6.96. The van der Waals surface area contributed by atoms with E-state index < -0.39 is 35.1 Å². The van der Waals surface area contributed by atoms with Crippen molar-refractivity contribution in [3.8, 4) is 5.75 Å². The summed E-state index contributed by atoms with van der Waals surface area (Å²) in [4.78, 5) is 26.5. The highest BCUT2D eigenvalue weighted by molar-refractivity contribution is 7.89. The van der Waals surface area contributed by atoms with Crippen molar-refractivity contribution in [1.29, 1.82) is 0 Å². The number of nitrogens with one attached hydrogen (secondary N) is 2. The maximum Gasteiger partial charge on any atom is 0.387 e. The van der Waals surface area contributed by atoms with Crippen LogP contribution in [0.2, 0.25) is 0 Å². The fourth-order valence-corrected chi connectivity index (χ4v) is 4.42. The van der Waals surface area contributed by atoms with Crippen LogP contribution in [-0.4, -0.2) is 75.6 Å². The molecule has 1 aliphatic heterocycles. The Labute approximate surface area is 188 Å². The number of rotatable bonds is 10. The van der Waals surface area contributed by atoms with E-state index in [1.807, 2.05) is 0 Å². The van der Waals surface area contributed by atoms with E-state index in [9.17, 15) is 26.8 Å². The van der Waals surface area contributed by atoms with Crippen LogP contribution in [0, 0.1) is 0 Å². The van der Waals surface area contributed by atoms with Gasteiger partial charge in [-0.25, -0.2) is 13.2 Å². The lowest BCUT2D eigenvalue weighted by molar-refractivity contribution is -0.124. The number of carbonyl (C=O) groups is 2. The Kier molecular flexibility index (Phi) is 8.36. The minimum absolute atomic E-state index is 0.0370. The van der Waals surface area contributed by atoms with Gasteiger partial charge in [0.25, 0.3) is 5.91 Å². The standard InChI is InChI=1S/C20H23F2N3O7S/c21-20(22)32-15-3-1-14(2-4-15)5-6-23-18(26)13-31-19(27)17-11-16(12-24-17)33(28,29)25-7-9-30-10-8-25/h1-4,11-12,20,24H,5-10,13H2,(H,23,26). The fourth-order valence-electron chi connectivity index (χ4n) is 3.02. The highest BCUT2D eigenvalue weighted by Gasteiger charge is 2.28. The van der Waals surface area contributed by atoms with Gasteiger partial charge in [0.2, 0.25) is 10.0 Å². The number of alkyl halides is 2. The summed E-state index contributed by atoms with van der Waals surface area (Å²) >= 11 is 0. The van der Waals surface area contributed by atoms with E-state index in [-0.39, 0.29) is 36.0 Å². The minimum atomic E-state index is -3.76. The summed E-state index contributed by atoms with van der Waals surface area (Å²) < 4.78 is 65.0. The molecule has 0 atom stereocenters. The molecule has 0 unspecified atom stereocenters. The number of morpholine rings is 1. The lowest BCUT2D eigenvalue weighted by Gasteiger charge is -2.25. The van der Waals surface area contributed by atoms with E-state index in [0.29, 0.717) is 19.6 Å². The van der Waals surface area contributed by atoms with Crippen LogP contribution in [-0.2, 0) is 30.7 Å². The summed E-state index contributed by atoms with van der Waals surface area (Å²) in [5, 5.41) is 2.57. The van der Waals surface area contributed by atoms with Crippen molar-refractivity contribution >= 4 is 21.9 Å². The molecule has 1 aliphatic rings. The molecule has 1 aromatic carbocycles. The molecular weight excluding hydrogens is 464 g/mol. The number of H-pyrrole nitrogens is 1. The predicted octanol–water partition coefficient (Wildman–Crippen LogP) is 1.15. The summed E-state index contributed by atoms with van der Waals surface area (Å²) in [6.45, 7) is -2.18. The number of hydrogen-bond acceptors (Lipinski definition) is 7. The van der Waals surface area contributed by atoms with Crippen molar-refractivity contribution in [1.82, 2.24) is 14.6 Å². The van der Waals surface area contributed by atoms with Gasteiger partial charge in [-0.05, 0) is 30.2 Å². The second-order valence-corrected chi connectivity index (χ2v) is 8.90. The zero-order valence-corrected chi connectivity index (χ0v) is 18.3. The molecule has 0 radical (unpaired) electrons. The number of benzene rings is 1. The van der Waals surface area contributed by atoms with Gasteiger partial charge in [0, 0.05) is 25.8 Å². The van der Waals surface area contributed by atoms with E-state index in [2.05, 4.69) is 15.0 Å². The van der Waals surface area contributed by atoms with Crippen LogP contribution in [0.1, 0.15) is 16.1 Å². The Balaban J connectivity index is 1.42. The number of ether oxygens (including phenoxy) is 3. The maximum absolute atomic E-state index is 12.6. The predicted molar refractivity (Wildman–Crippen MR) is 110 cm³/mol. The third-order valence-electron chi connectivity index (χ3n) is 4.70. The average molecular weight is 487 g/mol. The number of hydrogen-bond donors (Lipinski definition) is 2. The Hall–Kier alpha value is -3.03. The molecule has 33 heavy (non-hydrogen) atoms. The van der Waals surface area contributed by atoms with E-state index in [0.717, 1.165) is 11.6 Å². The minimum Gasteiger partial charge on any atom is -0.451 e. The van der Waals surface area contributed by atoms with Crippen LogP contribution in [0.5, 0.6) is 5.75 Å². The van der Waals surface area contributed by atoms with Crippen LogP contribution >= 0.6 is 0 Å². The molecular formula is C20H23F2N3O7S. The lowest BCUT2D eigenvalue weighted by atomic mass is 10.1. The van der Waals surface area contributed by atoms with Gasteiger partial charge in [0.15, 0.2) is 6.61 Å². The number of aromatic amines is 1. The molecule has 10 nitrogen and oxygen atoms in total. The molecule has 0 aliphatic carbocycles. The van der Waals surface area contributed by atoms with Crippen LogP contribution in [0.15, 0.2) is 41.4 Å². The smallest absolute Gasteiger partial charge is 0.387 e. The zero-order chi connectivity index (χ0) is 23.8.